The van der Waals surface area contributed by atoms with E-state index in [-0.39, 0.29) is 11.9 Å². The van der Waals surface area contributed by atoms with Crippen LogP contribution in [0.4, 0.5) is 5.69 Å². The molecule has 1 saturated heterocycles. The number of anilines is 1. The fraction of sp³-hybridized carbons (Fsp3) is 0.400. The highest BCUT2D eigenvalue weighted by Crippen LogP contribution is 2.19. The molecule has 2 unspecified atom stereocenters. The normalized spacial score (nSPS) is 22.0. The van der Waals surface area contributed by atoms with Gasteiger partial charge in [-0.3, -0.25) is 4.79 Å². The quantitative estimate of drug-likeness (QED) is 0.898. The molecule has 21 heavy (non-hydrogen) atoms. The van der Waals surface area contributed by atoms with Crippen LogP contribution in [-0.2, 0) is 4.79 Å². The van der Waals surface area contributed by atoms with Crippen LogP contribution >= 0.6 is 0 Å². The number of piperidine rings is 1. The van der Waals surface area contributed by atoms with Gasteiger partial charge in [0, 0.05) is 18.6 Å². The van der Waals surface area contributed by atoms with Gasteiger partial charge in [0.05, 0.1) is 11.7 Å². The zero-order valence-corrected chi connectivity index (χ0v) is 12.0. The molecule has 3 heterocycles. The number of hydrogen-bond donors (Lipinski definition) is 2. The topological polar surface area (TPSA) is 71.8 Å². The summed E-state index contributed by atoms with van der Waals surface area (Å²) >= 11 is 0. The van der Waals surface area contributed by atoms with Crippen LogP contribution in [0.3, 0.4) is 0 Å². The molecule has 1 aliphatic heterocycles. The lowest BCUT2D eigenvalue weighted by atomic mass is 9.94. The number of pyridine rings is 1. The number of carbonyl (C=O) groups is 1. The zero-order chi connectivity index (χ0) is 14.7. The predicted octanol–water partition coefficient (Wildman–Crippen LogP) is 1.59. The van der Waals surface area contributed by atoms with Crippen LogP contribution in [0, 0.1) is 5.92 Å². The maximum Gasteiger partial charge on any atom is 0.241 e. The molecule has 3 rings (SSSR count). The van der Waals surface area contributed by atoms with Crippen LogP contribution in [0.2, 0.25) is 0 Å². The first-order valence-electron chi connectivity index (χ1n) is 7.23. The first-order valence-corrected chi connectivity index (χ1v) is 7.23. The fourth-order valence-electron chi connectivity index (χ4n) is 2.60. The Morgan fingerprint density at radius 2 is 2.33 bits per heavy atom. The Hall–Kier alpha value is -2.21. The Kier molecular flexibility index (Phi) is 3.96. The van der Waals surface area contributed by atoms with Crippen LogP contribution in [0.15, 0.2) is 36.8 Å². The van der Waals surface area contributed by atoms with Crippen LogP contribution in [-0.4, -0.2) is 33.3 Å². The molecular weight excluding hydrogens is 266 g/mol. The number of carbonyl (C=O) groups excluding carboxylic acids is 1. The summed E-state index contributed by atoms with van der Waals surface area (Å²) in [6.07, 6.45) is 7.16. The van der Waals surface area contributed by atoms with Crippen molar-refractivity contribution in [3.8, 4) is 5.82 Å². The third-order valence-electron chi connectivity index (χ3n) is 3.75. The number of nitrogens with zero attached hydrogens (tertiary/aromatic N) is 3. The molecule has 2 atom stereocenters. The molecule has 110 valence electrons. The Morgan fingerprint density at radius 1 is 1.43 bits per heavy atom. The molecule has 2 aromatic rings. The Bertz CT molecular complexity index is 610. The maximum atomic E-state index is 12.4. The second-order valence-corrected chi connectivity index (χ2v) is 5.45. The summed E-state index contributed by atoms with van der Waals surface area (Å²) in [7, 11) is 0. The van der Waals surface area contributed by atoms with Crippen molar-refractivity contribution in [1.29, 1.82) is 0 Å². The summed E-state index contributed by atoms with van der Waals surface area (Å²) < 4.78 is 1.65. The highest BCUT2D eigenvalue weighted by Gasteiger charge is 2.25. The lowest BCUT2D eigenvalue weighted by Gasteiger charge is -2.27. The molecule has 0 saturated carbocycles. The van der Waals surface area contributed by atoms with Gasteiger partial charge < -0.3 is 10.6 Å². The van der Waals surface area contributed by atoms with E-state index in [1.54, 1.807) is 29.3 Å². The number of hydrogen-bond acceptors (Lipinski definition) is 4. The van der Waals surface area contributed by atoms with Gasteiger partial charge in [0.2, 0.25) is 5.91 Å². The van der Waals surface area contributed by atoms with E-state index < -0.39 is 0 Å². The van der Waals surface area contributed by atoms with Gasteiger partial charge in [-0.25, -0.2) is 9.67 Å². The number of nitrogens with one attached hydrogen (secondary N) is 2. The minimum atomic E-state index is -0.139. The average Bonchev–Trinajstić information content (AvgIpc) is 3.02. The first-order chi connectivity index (χ1) is 10.2. The van der Waals surface area contributed by atoms with Crippen molar-refractivity contribution in [2.75, 3.05) is 11.9 Å². The van der Waals surface area contributed by atoms with E-state index in [0.717, 1.165) is 19.4 Å². The summed E-state index contributed by atoms with van der Waals surface area (Å²) in [5.74, 6) is 1.18. The Morgan fingerprint density at radius 3 is 3.10 bits per heavy atom. The average molecular weight is 285 g/mol. The molecule has 1 fully saturated rings. The molecule has 0 bridgehead atoms. The second-order valence-electron chi connectivity index (χ2n) is 5.45. The van der Waals surface area contributed by atoms with E-state index in [2.05, 4.69) is 27.6 Å². The van der Waals surface area contributed by atoms with Gasteiger partial charge in [0.15, 0.2) is 5.82 Å². The molecular formula is C15H19N5O. The van der Waals surface area contributed by atoms with Gasteiger partial charge in [-0.05, 0) is 43.5 Å². The minimum Gasteiger partial charge on any atom is -0.322 e. The fourth-order valence-corrected chi connectivity index (χ4v) is 2.60. The third kappa shape index (κ3) is 3.11. The Balaban J connectivity index is 1.77. The lowest BCUT2D eigenvalue weighted by Crippen LogP contribution is -2.45. The monoisotopic (exact) mass is 285 g/mol. The molecule has 1 aliphatic rings. The van der Waals surface area contributed by atoms with Gasteiger partial charge in [-0.2, -0.15) is 5.10 Å². The van der Waals surface area contributed by atoms with Crippen molar-refractivity contribution in [2.24, 2.45) is 5.92 Å². The van der Waals surface area contributed by atoms with E-state index in [9.17, 15) is 4.79 Å². The third-order valence-corrected chi connectivity index (χ3v) is 3.75. The van der Waals surface area contributed by atoms with Gasteiger partial charge in [-0.15, -0.1) is 0 Å². The standard InChI is InChI=1S/C15H19N5O/c1-11-5-8-16-13(10-11)15(21)19-12-4-2-6-17-14(12)20-9-3-7-18-20/h2-4,6-7,9,11,13,16H,5,8,10H2,1H3,(H,19,21). The van der Waals surface area contributed by atoms with Gasteiger partial charge in [0.1, 0.15) is 0 Å². The highest BCUT2D eigenvalue weighted by molar-refractivity contribution is 5.96. The van der Waals surface area contributed by atoms with Crippen LogP contribution in [0.25, 0.3) is 5.82 Å². The lowest BCUT2D eigenvalue weighted by molar-refractivity contribution is -0.119. The summed E-state index contributed by atoms with van der Waals surface area (Å²) in [5.41, 5.74) is 0.672. The molecule has 6 heteroatoms. The van der Waals surface area contributed by atoms with E-state index in [1.807, 2.05) is 12.1 Å². The van der Waals surface area contributed by atoms with Crippen LogP contribution < -0.4 is 10.6 Å². The zero-order valence-electron chi connectivity index (χ0n) is 12.0. The summed E-state index contributed by atoms with van der Waals surface area (Å²) in [4.78, 5) is 16.7. The van der Waals surface area contributed by atoms with Gasteiger partial charge >= 0.3 is 0 Å². The van der Waals surface area contributed by atoms with Crippen molar-refractivity contribution in [3.05, 3.63) is 36.8 Å². The van der Waals surface area contributed by atoms with E-state index in [4.69, 9.17) is 0 Å². The van der Waals surface area contributed by atoms with Crippen molar-refractivity contribution in [3.63, 3.8) is 0 Å². The molecule has 0 aromatic carbocycles. The largest absolute Gasteiger partial charge is 0.322 e. The van der Waals surface area contributed by atoms with Crippen molar-refractivity contribution < 1.29 is 4.79 Å². The van der Waals surface area contributed by atoms with E-state index in [0.29, 0.717) is 17.4 Å². The smallest absolute Gasteiger partial charge is 0.241 e. The van der Waals surface area contributed by atoms with Crippen molar-refractivity contribution >= 4 is 11.6 Å². The van der Waals surface area contributed by atoms with Crippen LogP contribution in [0.1, 0.15) is 19.8 Å². The molecule has 2 N–H and O–H groups in total. The molecule has 1 amide bonds. The number of rotatable bonds is 3. The molecule has 0 spiro atoms. The number of aromatic nitrogens is 3. The SMILES string of the molecule is CC1CCNC(C(=O)Nc2cccnc2-n2cccn2)C1. The highest BCUT2D eigenvalue weighted by atomic mass is 16.2. The molecule has 6 nitrogen and oxygen atoms in total. The van der Waals surface area contributed by atoms with Gasteiger partial charge in [-0.1, -0.05) is 6.92 Å². The van der Waals surface area contributed by atoms with Crippen LogP contribution in [0.5, 0.6) is 0 Å². The van der Waals surface area contributed by atoms with E-state index >= 15 is 0 Å². The first kappa shape index (κ1) is 13.8. The maximum absolute atomic E-state index is 12.4. The summed E-state index contributed by atoms with van der Waals surface area (Å²) in [6.45, 7) is 3.07. The molecule has 0 aliphatic carbocycles. The molecule has 0 radical (unpaired) electrons. The van der Waals surface area contributed by atoms with Gasteiger partial charge in [0.25, 0.3) is 0 Å². The summed E-state index contributed by atoms with van der Waals surface area (Å²) in [5, 5.41) is 10.4. The molecule has 2 aromatic heterocycles. The minimum absolute atomic E-state index is 0.0112. The number of amides is 1. The van der Waals surface area contributed by atoms with E-state index in [1.165, 1.54) is 0 Å². The van der Waals surface area contributed by atoms with Crippen molar-refractivity contribution in [2.45, 2.75) is 25.8 Å². The predicted molar refractivity (Wildman–Crippen MR) is 80.2 cm³/mol. The summed E-state index contributed by atoms with van der Waals surface area (Å²) in [6, 6.07) is 5.33. The Labute approximate surface area is 123 Å². The van der Waals surface area contributed by atoms with Crippen molar-refractivity contribution in [1.82, 2.24) is 20.1 Å². The second kappa shape index (κ2) is 6.05.